The van der Waals surface area contributed by atoms with Crippen molar-refractivity contribution in [2.75, 3.05) is 13.2 Å². The van der Waals surface area contributed by atoms with Crippen LogP contribution >= 0.6 is 11.6 Å². The zero-order chi connectivity index (χ0) is 17.1. The van der Waals surface area contributed by atoms with E-state index in [-0.39, 0.29) is 24.4 Å². The number of carbonyl (C=O) groups is 2. The molecule has 0 saturated carbocycles. The summed E-state index contributed by atoms with van der Waals surface area (Å²) in [5, 5.41) is 9.75. The van der Waals surface area contributed by atoms with Crippen LogP contribution in [0, 0.1) is 5.92 Å². The molecular formula is C18H22ClNO4. The Morgan fingerprint density at radius 1 is 1.25 bits per heavy atom. The van der Waals surface area contributed by atoms with Crippen molar-refractivity contribution in [1.29, 1.82) is 0 Å². The molecule has 6 heteroatoms. The highest BCUT2D eigenvalue weighted by Gasteiger charge is 2.41. The van der Waals surface area contributed by atoms with Crippen LogP contribution in [0.3, 0.4) is 0 Å². The highest BCUT2D eigenvalue weighted by atomic mass is 35.5. The third kappa shape index (κ3) is 3.73. The van der Waals surface area contributed by atoms with Gasteiger partial charge in [0.2, 0.25) is 5.91 Å². The largest absolute Gasteiger partial charge is 0.481 e. The predicted octanol–water partition coefficient (Wildman–Crippen LogP) is 3.27. The molecule has 0 bridgehead atoms. The van der Waals surface area contributed by atoms with E-state index in [1.54, 1.807) is 0 Å². The van der Waals surface area contributed by atoms with Crippen LogP contribution in [0.1, 0.15) is 43.7 Å². The number of amides is 1. The van der Waals surface area contributed by atoms with E-state index in [2.05, 4.69) is 0 Å². The molecule has 2 unspecified atom stereocenters. The molecule has 1 aromatic rings. The molecule has 3 atom stereocenters. The van der Waals surface area contributed by atoms with Crippen LogP contribution in [-0.4, -0.2) is 41.1 Å². The number of hydrogen-bond donors (Lipinski definition) is 1. The maximum absolute atomic E-state index is 13.0. The van der Waals surface area contributed by atoms with E-state index in [4.69, 9.17) is 21.4 Å². The molecule has 2 aliphatic rings. The molecule has 1 aromatic carbocycles. The SMILES string of the molecule is O=C(O)C[C@H]1CCC(c2ccc(Cl)cc2)N(C2CCCOC2)C1=O. The quantitative estimate of drug-likeness (QED) is 0.904. The van der Waals surface area contributed by atoms with Gasteiger partial charge in [-0.25, -0.2) is 0 Å². The molecule has 24 heavy (non-hydrogen) atoms. The second-order valence-corrected chi connectivity index (χ2v) is 6.99. The first kappa shape index (κ1) is 17.2. The van der Waals surface area contributed by atoms with Crippen molar-refractivity contribution in [2.45, 2.75) is 44.2 Å². The number of halogens is 1. The lowest BCUT2D eigenvalue weighted by atomic mass is 9.84. The Kier molecular flexibility index (Phi) is 5.41. The molecule has 0 aromatic heterocycles. The van der Waals surface area contributed by atoms with Gasteiger partial charge in [-0.1, -0.05) is 23.7 Å². The van der Waals surface area contributed by atoms with Crippen LogP contribution < -0.4 is 0 Å². The van der Waals surface area contributed by atoms with Crippen LogP contribution in [-0.2, 0) is 14.3 Å². The second-order valence-electron chi connectivity index (χ2n) is 6.56. The number of carboxylic acid groups (broad SMARTS) is 1. The van der Waals surface area contributed by atoms with Gasteiger partial charge in [-0.3, -0.25) is 9.59 Å². The van der Waals surface area contributed by atoms with Gasteiger partial charge in [0.1, 0.15) is 0 Å². The Labute approximate surface area is 146 Å². The number of benzene rings is 1. The number of aliphatic carboxylic acids is 1. The molecule has 0 aliphatic carbocycles. The van der Waals surface area contributed by atoms with Gasteiger partial charge >= 0.3 is 5.97 Å². The van der Waals surface area contributed by atoms with Gasteiger partial charge < -0.3 is 14.7 Å². The number of likely N-dealkylation sites (tertiary alicyclic amines) is 1. The molecule has 1 amide bonds. The van der Waals surface area contributed by atoms with Crippen molar-refractivity contribution in [3.05, 3.63) is 34.9 Å². The number of nitrogens with zero attached hydrogens (tertiary/aromatic N) is 1. The van der Waals surface area contributed by atoms with Crippen LogP contribution in [0.15, 0.2) is 24.3 Å². The highest BCUT2D eigenvalue weighted by Crippen LogP contribution is 2.38. The fourth-order valence-corrected chi connectivity index (χ4v) is 3.90. The van der Waals surface area contributed by atoms with Crippen LogP contribution in [0.5, 0.6) is 0 Å². The monoisotopic (exact) mass is 351 g/mol. The summed E-state index contributed by atoms with van der Waals surface area (Å²) in [7, 11) is 0. The lowest BCUT2D eigenvalue weighted by Crippen LogP contribution is -2.52. The summed E-state index contributed by atoms with van der Waals surface area (Å²) in [6.07, 6.45) is 3.08. The summed E-state index contributed by atoms with van der Waals surface area (Å²) >= 11 is 5.98. The molecule has 0 radical (unpaired) electrons. The predicted molar refractivity (Wildman–Crippen MR) is 89.9 cm³/mol. The first-order valence-corrected chi connectivity index (χ1v) is 8.81. The zero-order valence-corrected chi connectivity index (χ0v) is 14.2. The molecule has 2 aliphatic heterocycles. The molecular weight excluding hydrogens is 330 g/mol. The van der Waals surface area contributed by atoms with Crippen molar-refractivity contribution < 1.29 is 19.4 Å². The molecule has 5 nitrogen and oxygen atoms in total. The summed E-state index contributed by atoms with van der Waals surface area (Å²) < 4.78 is 5.57. The summed E-state index contributed by atoms with van der Waals surface area (Å²) in [5.41, 5.74) is 1.05. The van der Waals surface area contributed by atoms with Gasteiger partial charge in [-0.15, -0.1) is 0 Å². The number of carbonyl (C=O) groups excluding carboxylic acids is 1. The Morgan fingerprint density at radius 2 is 2.00 bits per heavy atom. The average molecular weight is 352 g/mol. The van der Waals surface area contributed by atoms with Crippen LogP contribution in [0.2, 0.25) is 5.02 Å². The number of carboxylic acids is 1. The lowest BCUT2D eigenvalue weighted by Gasteiger charge is -2.45. The van der Waals surface area contributed by atoms with E-state index in [1.165, 1.54) is 0 Å². The van der Waals surface area contributed by atoms with Crippen LogP contribution in [0.25, 0.3) is 0 Å². The standard InChI is InChI=1S/C18H22ClNO4/c19-14-6-3-12(4-7-14)16-8-5-13(10-17(21)22)18(23)20(16)15-2-1-9-24-11-15/h3-4,6-7,13,15-16H,1-2,5,8-11H2,(H,21,22)/t13-,15?,16?/m1/s1. The Morgan fingerprint density at radius 3 is 2.62 bits per heavy atom. The van der Waals surface area contributed by atoms with Gasteiger partial charge in [0.25, 0.3) is 0 Å². The number of hydrogen-bond acceptors (Lipinski definition) is 3. The molecule has 130 valence electrons. The summed E-state index contributed by atoms with van der Waals surface area (Å²) in [6, 6.07) is 7.55. The number of rotatable bonds is 4. The van der Waals surface area contributed by atoms with Gasteiger partial charge in [0, 0.05) is 17.5 Å². The first-order valence-electron chi connectivity index (χ1n) is 8.43. The minimum atomic E-state index is -0.918. The van der Waals surface area contributed by atoms with E-state index in [9.17, 15) is 9.59 Å². The van der Waals surface area contributed by atoms with Crippen LogP contribution in [0.4, 0.5) is 0 Å². The van der Waals surface area contributed by atoms with Gasteiger partial charge in [-0.2, -0.15) is 0 Å². The van der Waals surface area contributed by atoms with Crippen molar-refractivity contribution in [1.82, 2.24) is 4.90 Å². The van der Waals surface area contributed by atoms with E-state index in [0.717, 1.165) is 31.4 Å². The van der Waals surface area contributed by atoms with Gasteiger partial charge in [0.15, 0.2) is 0 Å². The maximum atomic E-state index is 13.0. The number of piperidine rings is 1. The van der Waals surface area contributed by atoms with Crippen molar-refractivity contribution in [3.63, 3.8) is 0 Å². The minimum absolute atomic E-state index is 0.0172. The molecule has 2 heterocycles. The summed E-state index contributed by atoms with van der Waals surface area (Å²) in [6.45, 7) is 1.25. The fourth-order valence-electron chi connectivity index (χ4n) is 3.78. The summed E-state index contributed by atoms with van der Waals surface area (Å²) in [5.74, 6) is -1.41. The fraction of sp³-hybridized carbons (Fsp3) is 0.556. The smallest absolute Gasteiger partial charge is 0.304 e. The maximum Gasteiger partial charge on any atom is 0.304 e. The normalized spacial score (nSPS) is 28.0. The second kappa shape index (κ2) is 7.53. The Hall–Kier alpha value is -1.59. The Balaban J connectivity index is 1.87. The third-order valence-electron chi connectivity index (χ3n) is 4.93. The molecule has 2 fully saturated rings. The van der Waals surface area contributed by atoms with Gasteiger partial charge in [-0.05, 0) is 43.4 Å². The van der Waals surface area contributed by atoms with Crippen molar-refractivity contribution in [2.24, 2.45) is 5.92 Å². The van der Waals surface area contributed by atoms with E-state index in [0.29, 0.717) is 18.1 Å². The summed E-state index contributed by atoms with van der Waals surface area (Å²) in [4.78, 5) is 26.0. The van der Waals surface area contributed by atoms with Crippen molar-refractivity contribution >= 4 is 23.5 Å². The average Bonchev–Trinajstić information content (AvgIpc) is 2.58. The van der Waals surface area contributed by atoms with E-state index < -0.39 is 11.9 Å². The van der Waals surface area contributed by atoms with Crippen molar-refractivity contribution in [3.8, 4) is 0 Å². The topological polar surface area (TPSA) is 66.8 Å². The van der Waals surface area contributed by atoms with Gasteiger partial charge in [0.05, 0.1) is 25.1 Å². The molecule has 2 saturated heterocycles. The zero-order valence-electron chi connectivity index (χ0n) is 13.5. The molecule has 1 N–H and O–H groups in total. The molecule has 3 rings (SSSR count). The first-order chi connectivity index (χ1) is 11.6. The third-order valence-corrected chi connectivity index (χ3v) is 5.19. The lowest BCUT2D eigenvalue weighted by molar-refractivity contribution is -0.154. The van der Waals surface area contributed by atoms with E-state index in [1.807, 2.05) is 29.2 Å². The minimum Gasteiger partial charge on any atom is -0.481 e. The number of ether oxygens (including phenoxy) is 1. The van der Waals surface area contributed by atoms with E-state index >= 15 is 0 Å². The Bertz CT molecular complexity index is 598. The molecule has 0 spiro atoms. The highest BCUT2D eigenvalue weighted by molar-refractivity contribution is 6.30.